The third kappa shape index (κ3) is 3.21. The van der Waals surface area contributed by atoms with Crippen molar-refractivity contribution in [2.24, 2.45) is 0 Å². The minimum absolute atomic E-state index is 0.294. The van der Waals surface area contributed by atoms with Gasteiger partial charge in [0.2, 0.25) is 0 Å². The van der Waals surface area contributed by atoms with Gasteiger partial charge in [-0.15, -0.1) is 0 Å². The number of aromatic hydroxyl groups is 1. The van der Waals surface area contributed by atoms with Crippen molar-refractivity contribution in [3.63, 3.8) is 0 Å². The predicted octanol–water partition coefficient (Wildman–Crippen LogP) is 3.45. The normalized spacial score (nSPS) is 15.1. The zero-order chi connectivity index (χ0) is 14.2. The van der Waals surface area contributed by atoms with E-state index in [9.17, 15) is 9.90 Å². The van der Waals surface area contributed by atoms with E-state index in [-0.39, 0.29) is 6.09 Å². The molecule has 0 atom stereocenters. The van der Waals surface area contributed by atoms with E-state index in [2.05, 4.69) is 15.9 Å². The van der Waals surface area contributed by atoms with Crippen LogP contribution in [0, 0.1) is 0 Å². The first-order chi connectivity index (χ1) is 8.78. The first-order valence-corrected chi connectivity index (χ1v) is 7.04. The van der Waals surface area contributed by atoms with Gasteiger partial charge >= 0.3 is 6.09 Å². The SMILES string of the molecule is CC(C)(C)OC(=O)N1CCc2c(O)ccc(Br)c2C1. The summed E-state index contributed by atoms with van der Waals surface area (Å²) in [5.74, 6) is 0.294. The van der Waals surface area contributed by atoms with Gasteiger partial charge in [-0.1, -0.05) is 15.9 Å². The number of hydrogen-bond donors (Lipinski definition) is 1. The summed E-state index contributed by atoms with van der Waals surface area (Å²) in [6.07, 6.45) is 0.327. The van der Waals surface area contributed by atoms with Crippen molar-refractivity contribution < 1.29 is 14.6 Å². The fraction of sp³-hybridized carbons (Fsp3) is 0.500. The second-order valence-corrected chi connectivity index (χ2v) is 6.53. The van der Waals surface area contributed by atoms with Crippen LogP contribution in [0.25, 0.3) is 0 Å². The van der Waals surface area contributed by atoms with E-state index >= 15 is 0 Å². The number of nitrogens with zero attached hydrogens (tertiary/aromatic N) is 1. The Bertz CT molecular complexity index is 508. The van der Waals surface area contributed by atoms with Crippen molar-refractivity contribution in [2.45, 2.75) is 39.3 Å². The zero-order valence-corrected chi connectivity index (χ0v) is 13.0. The molecule has 0 saturated carbocycles. The molecule has 1 aliphatic heterocycles. The number of fused-ring (bicyclic) bond motifs is 1. The zero-order valence-electron chi connectivity index (χ0n) is 11.4. The lowest BCUT2D eigenvalue weighted by molar-refractivity contribution is 0.0222. The van der Waals surface area contributed by atoms with E-state index in [0.717, 1.165) is 15.6 Å². The molecule has 1 N–H and O–H groups in total. The molecule has 0 radical (unpaired) electrons. The fourth-order valence-electron chi connectivity index (χ4n) is 2.10. The molecule has 0 fully saturated rings. The quantitative estimate of drug-likeness (QED) is 0.794. The van der Waals surface area contributed by atoms with Crippen molar-refractivity contribution in [3.8, 4) is 5.75 Å². The van der Waals surface area contributed by atoms with Gasteiger partial charge in [-0.05, 0) is 44.9 Å². The van der Waals surface area contributed by atoms with Crippen LogP contribution in [0.5, 0.6) is 5.75 Å². The van der Waals surface area contributed by atoms with E-state index in [1.807, 2.05) is 20.8 Å². The Morgan fingerprint density at radius 2 is 2.05 bits per heavy atom. The number of rotatable bonds is 0. The maximum Gasteiger partial charge on any atom is 0.410 e. The van der Waals surface area contributed by atoms with Gasteiger partial charge in [0.25, 0.3) is 0 Å². The number of carbonyl (C=O) groups is 1. The van der Waals surface area contributed by atoms with Gasteiger partial charge in [0.05, 0.1) is 6.54 Å². The van der Waals surface area contributed by atoms with Crippen molar-refractivity contribution in [3.05, 3.63) is 27.7 Å². The van der Waals surface area contributed by atoms with Crippen LogP contribution in [0.3, 0.4) is 0 Å². The molecule has 0 aromatic heterocycles. The lowest BCUT2D eigenvalue weighted by atomic mass is 9.99. The first kappa shape index (κ1) is 14.2. The summed E-state index contributed by atoms with van der Waals surface area (Å²) in [6, 6.07) is 3.47. The highest BCUT2D eigenvalue weighted by Crippen LogP contribution is 2.33. The van der Waals surface area contributed by atoms with E-state index in [1.54, 1.807) is 17.0 Å². The van der Waals surface area contributed by atoms with Crippen molar-refractivity contribution in [1.29, 1.82) is 0 Å². The third-order valence-electron chi connectivity index (χ3n) is 2.98. The number of benzene rings is 1. The van der Waals surface area contributed by atoms with E-state index < -0.39 is 5.60 Å². The molecule has 0 aliphatic carbocycles. The summed E-state index contributed by atoms with van der Waals surface area (Å²) >= 11 is 3.46. The Kier molecular flexibility index (Phi) is 3.76. The highest BCUT2D eigenvalue weighted by atomic mass is 79.9. The van der Waals surface area contributed by atoms with E-state index in [0.29, 0.717) is 25.3 Å². The van der Waals surface area contributed by atoms with Crippen molar-refractivity contribution in [2.75, 3.05) is 6.54 Å². The van der Waals surface area contributed by atoms with Gasteiger partial charge in [0, 0.05) is 16.6 Å². The topological polar surface area (TPSA) is 49.8 Å². The Labute approximate surface area is 121 Å². The van der Waals surface area contributed by atoms with Crippen LogP contribution in [0.15, 0.2) is 16.6 Å². The molecule has 0 unspecified atom stereocenters. The van der Waals surface area contributed by atoms with Crippen molar-refractivity contribution in [1.82, 2.24) is 4.90 Å². The summed E-state index contributed by atoms with van der Waals surface area (Å²) in [7, 11) is 0. The largest absolute Gasteiger partial charge is 0.508 e. The predicted molar refractivity (Wildman–Crippen MR) is 76.2 cm³/mol. The number of phenols is 1. The summed E-state index contributed by atoms with van der Waals surface area (Å²) in [5.41, 5.74) is 1.37. The number of amides is 1. The molecular weight excluding hydrogens is 310 g/mol. The smallest absolute Gasteiger partial charge is 0.410 e. The van der Waals surface area contributed by atoms with Gasteiger partial charge in [0.15, 0.2) is 0 Å². The van der Waals surface area contributed by atoms with Gasteiger partial charge in [-0.25, -0.2) is 4.79 Å². The fourth-order valence-corrected chi connectivity index (χ4v) is 2.60. The van der Waals surface area contributed by atoms with Gasteiger partial charge < -0.3 is 14.7 Å². The lowest BCUT2D eigenvalue weighted by Crippen LogP contribution is -2.40. The van der Waals surface area contributed by atoms with Crippen LogP contribution in [-0.2, 0) is 17.7 Å². The number of phenolic OH excluding ortho intramolecular Hbond substituents is 1. The molecule has 0 spiro atoms. The Hall–Kier alpha value is -1.23. The maximum atomic E-state index is 12.0. The monoisotopic (exact) mass is 327 g/mol. The van der Waals surface area contributed by atoms with Crippen LogP contribution in [0.1, 0.15) is 31.9 Å². The first-order valence-electron chi connectivity index (χ1n) is 6.25. The lowest BCUT2D eigenvalue weighted by Gasteiger charge is -2.31. The molecule has 1 amide bonds. The molecule has 1 aliphatic rings. The number of halogens is 1. The average molecular weight is 328 g/mol. The molecule has 5 heteroatoms. The van der Waals surface area contributed by atoms with Crippen LogP contribution >= 0.6 is 15.9 Å². The second-order valence-electron chi connectivity index (χ2n) is 5.68. The molecule has 19 heavy (non-hydrogen) atoms. The molecule has 0 bridgehead atoms. The molecule has 1 aromatic carbocycles. The van der Waals surface area contributed by atoms with Crippen LogP contribution in [-0.4, -0.2) is 28.2 Å². The van der Waals surface area contributed by atoms with E-state index in [4.69, 9.17) is 4.74 Å². The average Bonchev–Trinajstić information content (AvgIpc) is 2.31. The highest BCUT2D eigenvalue weighted by molar-refractivity contribution is 9.10. The second kappa shape index (κ2) is 5.04. The van der Waals surface area contributed by atoms with Gasteiger partial charge in [0.1, 0.15) is 11.4 Å². The number of ether oxygens (including phenoxy) is 1. The molecular formula is C14H18BrNO3. The standard InChI is InChI=1S/C14H18BrNO3/c1-14(2,3)19-13(18)16-7-6-9-10(8-16)11(15)4-5-12(9)17/h4-5,17H,6-8H2,1-3H3. The van der Waals surface area contributed by atoms with Crippen LogP contribution in [0.2, 0.25) is 0 Å². The summed E-state index contributed by atoms with van der Waals surface area (Å²) in [6.45, 7) is 6.57. The van der Waals surface area contributed by atoms with Crippen LogP contribution in [0.4, 0.5) is 4.79 Å². The molecule has 2 rings (SSSR count). The maximum absolute atomic E-state index is 12.0. The molecule has 1 aromatic rings. The molecule has 0 saturated heterocycles. The Balaban J connectivity index is 2.18. The van der Waals surface area contributed by atoms with E-state index in [1.165, 1.54) is 0 Å². The van der Waals surface area contributed by atoms with Crippen LogP contribution < -0.4 is 0 Å². The summed E-state index contributed by atoms with van der Waals surface area (Å²) < 4.78 is 6.28. The molecule has 104 valence electrons. The minimum atomic E-state index is -0.493. The Morgan fingerprint density at radius 1 is 1.37 bits per heavy atom. The summed E-state index contributed by atoms with van der Waals surface area (Å²) in [5, 5.41) is 9.84. The van der Waals surface area contributed by atoms with Gasteiger partial charge in [-0.2, -0.15) is 0 Å². The summed E-state index contributed by atoms with van der Waals surface area (Å²) in [4.78, 5) is 13.7. The molecule has 1 heterocycles. The van der Waals surface area contributed by atoms with Gasteiger partial charge in [-0.3, -0.25) is 0 Å². The molecule has 4 nitrogen and oxygen atoms in total. The third-order valence-corrected chi connectivity index (χ3v) is 3.72. The van der Waals surface area contributed by atoms with Crippen molar-refractivity contribution >= 4 is 22.0 Å². The highest BCUT2D eigenvalue weighted by Gasteiger charge is 2.27. The minimum Gasteiger partial charge on any atom is -0.508 e. The number of hydrogen-bond acceptors (Lipinski definition) is 3. The number of carbonyl (C=O) groups excluding carboxylic acids is 1. The Morgan fingerprint density at radius 3 is 2.68 bits per heavy atom.